The highest BCUT2D eigenvalue weighted by molar-refractivity contribution is 6.42. The Morgan fingerprint density at radius 1 is 1.16 bits per heavy atom. The van der Waals surface area contributed by atoms with Crippen LogP contribution in [0, 0.1) is 17.8 Å². The fraction of sp³-hybridized carbons (Fsp3) is 0.636. The van der Waals surface area contributed by atoms with E-state index >= 15 is 0 Å². The Balaban J connectivity index is 1.24. The first-order chi connectivity index (χ1) is 14.8. The lowest BCUT2D eigenvalue weighted by atomic mass is 9.57. The number of nitrogens with one attached hydrogen (secondary N) is 3. The Bertz CT molecular complexity index is 833. The van der Waals surface area contributed by atoms with Crippen molar-refractivity contribution in [2.75, 3.05) is 20.2 Å². The molecular weight excluding hydrogens is 439 g/mol. The molecule has 1 saturated heterocycles. The molecule has 31 heavy (non-hydrogen) atoms. The lowest BCUT2D eigenvalue weighted by molar-refractivity contribution is -0.136. The van der Waals surface area contributed by atoms with E-state index in [1.807, 2.05) is 7.05 Å². The van der Waals surface area contributed by atoms with Crippen LogP contribution in [0.5, 0.6) is 5.75 Å². The van der Waals surface area contributed by atoms with Crippen LogP contribution in [0.1, 0.15) is 32.6 Å². The van der Waals surface area contributed by atoms with Crippen LogP contribution in [0.15, 0.2) is 18.2 Å². The molecule has 3 saturated carbocycles. The molecule has 5 rings (SSSR count). The summed E-state index contributed by atoms with van der Waals surface area (Å²) in [7, 11) is 2.02. The molecule has 9 heteroatoms. The van der Waals surface area contributed by atoms with Gasteiger partial charge in [0.2, 0.25) is 5.91 Å². The summed E-state index contributed by atoms with van der Waals surface area (Å²) in [5.41, 5.74) is 3.35. The van der Waals surface area contributed by atoms with Crippen molar-refractivity contribution in [3.05, 3.63) is 28.2 Å². The Labute approximate surface area is 193 Å². The third kappa shape index (κ3) is 5.28. The Kier molecular flexibility index (Phi) is 6.96. The van der Waals surface area contributed by atoms with Crippen molar-refractivity contribution in [3.8, 4) is 5.75 Å². The molecule has 3 unspecified atom stereocenters. The highest BCUT2D eigenvalue weighted by atomic mass is 35.5. The smallest absolute Gasteiger partial charge is 0.258 e. The van der Waals surface area contributed by atoms with Gasteiger partial charge in [0.25, 0.3) is 5.91 Å². The maximum atomic E-state index is 12.9. The predicted octanol–water partition coefficient (Wildman–Crippen LogP) is 2.62. The van der Waals surface area contributed by atoms with Gasteiger partial charge in [-0.2, -0.15) is 0 Å². The number of carbonyl (C=O) groups is 2. The lowest BCUT2D eigenvalue weighted by Crippen LogP contribution is -2.57. The first kappa shape index (κ1) is 22.6. The molecular formula is C22H30Cl2N4O3. The molecule has 3 N–H and O–H groups in total. The zero-order valence-corrected chi connectivity index (χ0v) is 19.4. The number of carbonyl (C=O) groups excluding carboxylic acids is 2. The van der Waals surface area contributed by atoms with Gasteiger partial charge in [-0.1, -0.05) is 23.2 Å². The number of fused-ring (bicyclic) bond motifs is 2. The SMILES string of the molecule is CC1CC(CNC(=O)C2C[C@H](NC(=O)COc3ccc(Cl)c(Cl)c3)C3CC2C3)N(C)N1. The van der Waals surface area contributed by atoms with Gasteiger partial charge in [0.05, 0.1) is 10.0 Å². The van der Waals surface area contributed by atoms with Crippen molar-refractivity contribution in [3.63, 3.8) is 0 Å². The van der Waals surface area contributed by atoms with Crippen LogP contribution in [-0.4, -0.2) is 55.1 Å². The van der Waals surface area contributed by atoms with Crippen LogP contribution < -0.4 is 20.8 Å². The molecule has 3 aliphatic carbocycles. The van der Waals surface area contributed by atoms with Gasteiger partial charge in [0, 0.05) is 43.7 Å². The highest BCUT2D eigenvalue weighted by Gasteiger charge is 2.49. The quantitative estimate of drug-likeness (QED) is 0.572. The van der Waals surface area contributed by atoms with Gasteiger partial charge in [-0.3, -0.25) is 15.0 Å². The van der Waals surface area contributed by atoms with Crippen LogP contribution in [0.2, 0.25) is 10.0 Å². The number of amides is 2. The summed E-state index contributed by atoms with van der Waals surface area (Å²) in [4.78, 5) is 25.3. The van der Waals surface area contributed by atoms with Crippen molar-refractivity contribution in [2.24, 2.45) is 17.8 Å². The molecule has 4 atom stereocenters. The molecule has 1 aromatic carbocycles. The summed E-state index contributed by atoms with van der Waals surface area (Å²) in [5, 5.41) is 9.14. The minimum atomic E-state index is -0.187. The number of benzene rings is 1. The number of ether oxygens (including phenoxy) is 1. The Hall–Kier alpha value is -1.54. The molecule has 170 valence electrons. The third-order valence-corrected chi connectivity index (χ3v) is 7.65. The average Bonchev–Trinajstić information content (AvgIpc) is 3.03. The van der Waals surface area contributed by atoms with Gasteiger partial charge in [0.15, 0.2) is 6.61 Å². The van der Waals surface area contributed by atoms with Crippen molar-refractivity contribution < 1.29 is 14.3 Å². The number of rotatable bonds is 7. The Morgan fingerprint density at radius 3 is 2.61 bits per heavy atom. The van der Waals surface area contributed by atoms with Crippen molar-refractivity contribution in [2.45, 2.75) is 50.7 Å². The van der Waals surface area contributed by atoms with E-state index < -0.39 is 0 Å². The van der Waals surface area contributed by atoms with E-state index in [4.69, 9.17) is 27.9 Å². The monoisotopic (exact) mass is 468 g/mol. The summed E-state index contributed by atoms with van der Waals surface area (Å²) in [6.07, 6.45) is 3.70. The van der Waals surface area contributed by atoms with Crippen LogP contribution in [0.4, 0.5) is 0 Å². The largest absolute Gasteiger partial charge is 0.484 e. The standard InChI is InChI=1S/C22H30Cl2N4O3/c1-12-5-15(28(2)27-12)10-25-22(30)17-9-20(14-6-13(17)7-14)26-21(29)11-31-16-3-4-18(23)19(24)8-16/h3-4,8,12-15,17,20,27H,5-7,9-11H2,1-2H3,(H,25,30)(H,26,29)/t12?,13?,14?,15?,17?,20-/m0/s1. The van der Waals surface area contributed by atoms with E-state index in [-0.39, 0.29) is 30.4 Å². The van der Waals surface area contributed by atoms with Gasteiger partial charge < -0.3 is 15.4 Å². The molecule has 2 bridgehead atoms. The average molecular weight is 469 g/mol. The van der Waals surface area contributed by atoms with Crippen LogP contribution >= 0.6 is 23.2 Å². The zero-order chi connectivity index (χ0) is 22.1. The maximum absolute atomic E-state index is 12.9. The number of hydrogen-bond acceptors (Lipinski definition) is 5. The molecule has 1 heterocycles. The second kappa shape index (κ2) is 9.53. The van der Waals surface area contributed by atoms with Crippen LogP contribution in [-0.2, 0) is 9.59 Å². The van der Waals surface area contributed by atoms with Gasteiger partial charge in [-0.25, -0.2) is 5.01 Å². The number of hydrazine groups is 1. The topological polar surface area (TPSA) is 82.7 Å². The molecule has 0 spiro atoms. The zero-order valence-electron chi connectivity index (χ0n) is 17.9. The van der Waals surface area contributed by atoms with Crippen molar-refractivity contribution >= 4 is 35.0 Å². The molecule has 2 amide bonds. The Morgan fingerprint density at radius 2 is 1.94 bits per heavy atom. The van der Waals surface area contributed by atoms with E-state index in [0.29, 0.717) is 52.7 Å². The molecule has 0 radical (unpaired) electrons. The first-order valence-electron chi connectivity index (χ1n) is 10.9. The van der Waals surface area contributed by atoms with E-state index in [1.54, 1.807) is 18.2 Å². The van der Waals surface area contributed by atoms with Gasteiger partial charge >= 0.3 is 0 Å². The third-order valence-electron chi connectivity index (χ3n) is 6.91. The van der Waals surface area contributed by atoms with Gasteiger partial charge in [-0.05, 0) is 56.6 Å². The fourth-order valence-corrected chi connectivity index (χ4v) is 5.42. The maximum Gasteiger partial charge on any atom is 0.258 e. The van der Waals surface area contributed by atoms with Gasteiger partial charge in [0.1, 0.15) is 5.75 Å². The van der Waals surface area contributed by atoms with E-state index in [2.05, 4.69) is 28.0 Å². The van der Waals surface area contributed by atoms with Crippen LogP contribution in [0.3, 0.4) is 0 Å². The number of hydrogen-bond donors (Lipinski definition) is 3. The minimum absolute atomic E-state index is 0.0153. The summed E-state index contributed by atoms with van der Waals surface area (Å²) < 4.78 is 5.54. The number of nitrogens with zero attached hydrogens (tertiary/aromatic N) is 1. The summed E-state index contributed by atoms with van der Waals surface area (Å²) >= 11 is 11.9. The number of likely N-dealkylation sites (N-methyl/N-ethyl adjacent to an activating group) is 1. The number of halogens is 2. The molecule has 0 aromatic heterocycles. The first-order valence-corrected chi connectivity index (χ1v) is 11.7. The van der Waals surface area contributed by atoms with Crippen LogP contribution in [0.25, 0.3) is 0 Å². The fourth-order valence-electron chi connectivity index (χ4n) is 5.13. The minimum Gasteiger partial charge on any atom is -0.484 e. The predicted molar refractivity (Wildman–Crippen MR) is 120 cm³/mol. The van der Waals surface area contributed by atoms with Gasteiger partial charge in [-0.15, -0.1) is 0 Å². The summed E-state index contributed by atoms with van der Waals surface area (Å²) in [5.74, 6) is 1.27. The molecule has 4 fully saturated rings. The van der Waals surface area contributed by atoms with Crippen molar-refractivity contribution in [1.82, 2.24) is 21.1 Å². The summed E-state index contributed by atoms with van der Waals surface area (Å²) in [6, 6.07) is 5.66. The highest BCUT2D eigenvalue weighted by Crippen LogP contribution is 2.49. The van der Waals surface area contributed by atoms with E-state index in [9.17, 15) is 9.59 Å². The van der Waals surface area contributed by atoms with E-state index in [0.717, 1.165) is 19.3 Å². The normalized spacial score (nSPS) is 32.3. The summed E-state index contributed by atoms with van der Waals surface area (Å²) in [6.45, 7) is 2.70. The van der Waals surface area contributed by atoms with E-state index in [1.165, 1.54) is 0 Å². The second-order valence-corrected chi connectivity index (χ2v) is 9.96. The molecule has 7 nitrogen and oxygen atoms in total. The van der Waals surface area contributed by atoms with Crippen molar-refractivity contribution in [1.29, 1.82) is 0 Å². The second-order valence-electron chi connectivity index (χ2n) is 9.15. The lowest BCUT2D eigenvalue weighted by Gasteiger charge is -2.50. The molecule has 4 aliphatic rings. The molecule has 1 aromatic rings. The molecule has 1 aliphatic heterocycles.